The Bertz CT molecular complexity index is 311. The SMILES string of the molecule is C[C@@H](C(=O)O)n1ccc(C(F)F)n1. The van der Waals surface area contributed by atoms with E-state index in [0.717, 1.165) is 10.7 Å². The minimum Gasteiger partial charge on any atom is -0.480 e. The number of aromatic nitrogens is 2. The van der Waals surface area contributed by atoms with Gasteiger partial charge in [-0.05, 0) is 13.0 Å². The van der Waals surface area contributed by atoms with Gasteiger partial charge in [0, 0.05) is 6.20 Å². The van der Waals surface area contributed by atoms with Gasteiger partial charge < -0.3 is 5.11 Å². The van der Waals surface area contributed by atoms with E-state index in [2.05, 4.69) is 5.10 Å². The van der Waals surface area contributed by atoms with Crippen molar-refractivity contribution in [2.75, 3.05) is 0 Å². The van der Waals surface area contributed by atoms with Crippen LogP contribution in [-0.2, 0) is 4.79 Å². The second-order valence-electron chi connectivity index (χ2n) is 2.54. The van der Waals surface area contributed by atoms with Crippen molar-refractivity contribution in [1.82, 2.24) is 9.78 Å². The zero-order chi connectivity index (χ0) is 10.0. The van der Waals surface area contributed by atoms with Crippen molar-refractivity contribution in [3.05, 3.63) is 18.0 Å². The number of halogens is 2. The van der Waals surface area contributed by atoms with Crippen LogP contribution < -0.4 is 0 Å². The smallest absolute Gasteiger partial charge is 0.328 e. The molecule has 0 unspecified atom stereocenters. The lowest BCUT2D eigenvalue weighted by atomic mass is 10.4. The molecule has 0 amide bonds. The van der Waals surface area contributed by atoms with Crippen LogP contribution in [0.5, 0.6) is 0 Å². The molecule has 0 aliphatic rings. The van der Waals surface area contributed by atoms with Crippen LogP contribution in [0.25, 0.3) is 0 Å². The number of rotatable bonds is 3. The highest BCUT2D eigenvalue weighted by Crippen LogP contribution is 2.17. The summed E-state index contributed by atoms with van der Waals surface area (Å²) in [4.78, 5) is 10.4. The molecule has 72 valence electrons. The number of carboxylic acid groups (broad SMARTS) is 1. The maximum Gasteiger partial charge on any atom is 0.328 e. The molecule has 1 aromatic rings. The van der Waals surface area contributed by atoms with Crippen molar-refractivity contribution in [2.45, 2.75) is 19.4 Å². The third kappa shape index (κ3) is 2.01. The minimum atomic E-state index is -2.66. The second-order valence-corrected chi connectivity index (χ2v) is 2.54. The Kier molecular flexibility index (Phi) is 2.60. The van der Waals surface area contributed by atoms with E-state index < -0.39 is 24.1 Å². The summed E-state index contributed by atoms with van der Waals surface area (Å²) >= 11 is 0. The summed E-state index contributed by atoms with van der Waals surface area (Å²) in [5.41, 5.74) is -0.409. The molecule has 0 aliphatic heterocycles. The third-order valence-electron chi connectivity index (χ3n) is 1.61. The highest BCUT2D eigenvalue weighted by atomic mass is 19.3. The lowest BCUT2D eigenvalue weighted by molar-refractivity contribution is -0.140. The molecule has 0 saturated carbocycles. The van der Waals surface area contributed by atoms with Gasteiger partial charge in [-0.1, -0.05) is 0 Å². The van der Waals surface area contributed by atoms with Crippen LogP contribution in [0.1, 0.15) is 25.1 Å². The Morgan fingerprint density at radius 1 is 1.69 bits per heavy atom. The van der Waals surface area contributed by atoms with Crippen LogP contribution in [0.3, 0.4) is 0 Å². The molecule has 1 N–H and O–H groups in total. The molecular formula is C7H8F2N2O2. The van der Waals surface area contributed by atoms with Crippen LogP contribution in [0.4, 0.5) is 8.78 Å². The van der Waals surface area contributed by atoms with E-state index in [1.54, 1.807) is 0 Å². The Morgan fingerprint density at radius 3 is 2.69 bits per heavy atom. The molecule has 1 rings (SSSR count). The summed E-state index contributed by atoms with van der Waals surface area (Å²) in [5.74, 6) is -1.11. The Hall–Kier alpha value is -1.46. The summed E-state index contributed by atoms with van der Waals surface area (Å²) < 4.78 is 25.0. The van der Waals surface area contributed by atoms with Gasteiger partial charge in [-0.15, -0.1) is 0 Å². The Labute approximate surface area is 72.8 Å². The van der Waals surface area contributed by atoms with Gasteiger partial charge in [-0.2, -0.15) is 5.10 Å². The molecule has 13 heavy (non-hydrogen) atoms. The van der Waals surface area contributed by atoms with E-state index in [9.17, 15) is 13.6 Å². The Balaban J connectivity index is 2.85. The summed E-state index contributed by atoms with van der Waals surface area (Å²) in [6.45, 7) is 1.37. The van der Waals surface area contributed by atoms with E-state index in [0.29, 0.717) is 0 Å². The molecule has 0 saturated heterocycles. The molecule has 1 heterocycles. The van der Waals surface area contributed by atoms with E-state index in [4.69, 9.17) is 5.11 Å². The fourth-order valence-electron chi connectivity index (χ4n) is 0.798. The molecule has 0 spiro atoms. The molecule has 0 fully saturated rings. The maximum atomic E-state index is 12.0. The number of alkyl halides is 2. The van der Waals surface area contributed by atoms with Crippen LogP contribution >= 0.6 is 0 Å². The first-order valence-corrected chi connectivity index (χ1v) is 3.58. The number of carbonyl (C=O) groups is 1. The Morgan fingerprint density at radius 2 is 2.31 bits per heavy atom. The molecule has 1 aromatic heterocycles. The quantitative estimate of drug-likeness (QED) is 0.785. The van der Waals surface area contributed by atoms with Gasteiger partial charge in [0.25, 0.3) is 6.43 Å². The van der Waals surface area contributed by atoms with E-state index >= 15 is 0 Å². The monoisotopic (exact) mass is 190 g/mol. The third-order valence-corrected chi connectivity index (χ3v) is 1.61. The first-order valence-electron chi connectivity index (χ1n) is 3.58. The van der Waals surface area contributed by atoms with Crippen molar-refractivity contribution in [2.24, 2.45) is 0 Å². The number of hydrogen-bond donors (Lipinski definition) is 1. The van der Waals surface area contributed by atoms with Crippen molar-refractivity contribution in [3.63, 3.8) is 0 Å². The highest BCUT2D eigenvalue weighted by molar-refractivity contribution is 5.71. The van der Waals surface area contributed by atoms with Crippen LogP contribution in [0.2, 0.25) is 0 Å². The lowest BCUT2D eigenvalue weighted by Crippen LogP contribution is -2.16. The van der Waals surface area contributed by atoms with Gasteiger partial charge in [0.1, 0.15) is 11.7 Å². The number of carboxylic acids is 1. The number of hydrogen-bond acceptors (Lipinski definition) is 2. The molecule has 0 aliphatic carbocycles. The predicted molar refractivity (Wildman–Crippen MR) is 39.5 cm³/mol. The van der Waals surface area contributed by atoms with Gasteiger partial charge in [0.05, 0.1) is 0 Å². The van der Waals surface area contributed by atoms with Gasteiger partial charge in [0.15, 0.2) is 0 Å². The average molecular weight is 190 g/mol. The van der Waals surface area contributed by atoms with Crippen molar-refractivity contribution < 1.29 is 18.7 Å². The zero-order valence-corrected chi connectivity index (χ0v) is 6.82. The van der Waals surface area contributed by atoms with Crippen molar-refractivity contribution >= 4 is 5.97 Å². The highest BCUT2D eigenvalue weighted by Gasteiger charge is 2.17. The van der Waals surface area contributed by atoms with E-state index in [1.807, 2.05) is 0 Å². The van der Waals surface area contributed by atoms with Crippen LogP contribution in [0, 0.1) is 0 Å². The molecule has 6 heteroatoms. The minimum absolute atomic E-state index is 0.409. The summed E-state index contributed by atoms with van der Waals surface area (Å²) in [7, 11) is 0. The van der Waals surface area contributed by atoms with Crippen LogP contribution in [0.15, 0.2) is 12.3 Å². The first kappa shape index (κ1) is 9.63. The van der Waals surface area contributed by atoms with Gasteiger partial charge in [-0.3, -0.25) is 4.68 Å². The van der Waals surface area contributed by atoms with E-state index in [-0.39, 0.29) is 0 Å². The largest absolute Gasteiger partial charge is 0.480 e. The van der Waals surface area contributed by atoms with E-state index in [1.165, 1.54) is 13.1 Å². The molecule has 0 aromatic carbocycles. The van der Waals surface area contributed by atoms with Crippen LogP contribution in [-0.4, -0.2) is 20.9 Å². The standard InChI is InChI=1S/C7H8F2N2O2/c1-4(7(12)13)11-3-2-5(10-11)6(8)9/h2-4,6H,1H3,(H,12,13)/t4-/m0/s1. The predicted octanol–water partition coefficient (Wildman–Crippen LogP) is 1.47. The zero-order valence-electron chi connectivity index (χ0n) is 6.82. The van der Waals surface area contributed by atoms with Gasteiger partial charge >= 0.3 is 5.97 Å². The average Bonchev–Trinajstić information content (AvgIpc) is 2.50. The van der Waals surface area contributed by atoms with Gasteiger partial charge in [0.2, 0.25) is 0 Å². The van der Waals surface area contributed by atoms with Crippen molar-refractivity contribution in [1.29, 1.82) is 0 Å². The molecule has 0 radical (unpaired) electrons. The molecular weight excluding hydrogens is 182 g/mol. The molecule has 1 atom stereocenters. The first-order chi connectivity index (χ1) is 6.02. The molecule has 4 nitrogen and oxygen atoms in total. The number of nitrogens with zero attached hydrogens (tertiary/aromatic N) is 2. The maximum absolute atomic E-state index is 12.0. The number of aliphatic carboxylic acids is 1. The van der Waals surface area contributed by atoms with Gasteiger partial charge in [-0.25, -0.2) is 13.6 Å². The fraction of sp³-hybridized carbons (Fsp3) is 0.429. The summed E-state index contributed by atoms with van der Waals surface area (Å²) in [6, 6.07) is 0.178. The lowest BCUT2D eigenvalue weighted by Gasteiger charge is -2.05. The topological polar surface area (TPSA) is 55.1 Å². The normalized spacial score (nSPS) is 13.2. The second kappa shape index (κ2) is 3.51. The summed E-state index contributed by atoms with van der Waals surface area (Å²) in [6.07, 6.45) is -1.44. The van der Waals surface area contributed by atoms with Crippen molar-refractivity contribution in [3.8, 4) is 0 Å². The summed E-state index contributed by atoms with van der Waals surface area (Å²) in [5, 5.41) is 12.0. The molecule has 0 bridgehead atoms. The fourth-order valence-corrected chi connectivity index (χ4v) is 0.798.